The summed E-state index contributed by atoms with van der Waals surface area (Å²) in [4.78, 5) is 28.1. The van der Waals surface area contributed by atoms with Gasteiger partial charge in [-0.3, -0.25) is 9.78 Å². The molecule has 0 spiro atoms. The highest BCUT2D eigenvalue weighted by molar-refractivity contribution is 7.09. The Labute approximate surface area is 121 Å². The van der Waals surface area contributed by atoms with Crippen LogP contribution >= 0.6 is 11.3 Å². The highest BCUT2D eigenvalue weighted by Crippen LogP contribution is 2.35. The summed E-state index contributed by atoms with van der Waals surface area (Å²) in [6.07, 6.45) is 5.87. The molecule has 0 saturated heterocycles. The normalized spacial score (nSPS) is 17.4. The molecule has 1 aliphatic carbocycles. The molecule has 0 atom stereocenters. The molecule has 0 aliphatic heterocycles. The highest BCUT2D eigenvalue weighted by atomic mass is 32.1. The van der Waals surface area contributed by atoms with Crippen molar-refractivity contribution in [1.29, 1.82) is 0 Å². The van der Waals surface area contributed by atoms with Crippen LogP contribution in [0.2, 0.25) is 0 Å². The molecule has 110 valence electrons. The van der Waals surface area contributed by atoms with E-state index in [2.05, 4.69) is 15.6 Å². The summed E-state index contributed by atoms with van der Waals surface area (Å²) in [5, 5.41) is 14.8. The van der Waals surface area contributed by atoms with Crippen molar-refractivity contribution in [2.45, 2.75) is 38.6 Å². The van der Waals surface area contributed by atoms with E-state index in [4.69, 9.17) is 0 Å². The van der Waals surface area contributed by atoms with Crippen molar-refractivity contribution < 1.29 is 14.7 Å². The molecule has 1 aliphatic rings. The van der Waals surface area contributed by atoms with Crippen LogP contribution in [0.25, 0.3) is 0 Å². The van der Waals surface area contributed by atoms with E-state index < -0.39 is 11.4 Å². The van der Waals surface area contributed by atoms with Crippen molar-refractivity contribution in [1.82, 2.24) is 15.6 Å². The van der Waals surface area contributed by atoms with Gasteiger partial charge in [-0.05, 0) is 12.8 Å². The molecule has 2 amide bonds. The summed E-state index contributed by atoms with van der Waals surface area (Å²) >= 11 is 1.47. The van der Waals surface area contributed by atoms with Crippen LogP contribution in [0.5, 0.6) is 0 Å². The topological polar surface area (TPSA) is 91.3 Å². The second kappa shape index (κ2) is 6.69. The summed E-state index contributed by atoms with van der Waals surface area (Å²) in [5.41, 5.74) is 0.913. The molecule has 0 radical (unpaired) electrons. The van der Waals surface area contributed by atoms with E-state index in [1.165, 1.54) is 11.3 Å². The number of hydrogen-bond acceptors (Lipinski definition) is 4. The van der Waals surface area contributed by atoms with E-state index in [0.29, 0.717) is 19.4 Å². The van der Waals surface area contributed by atoms with Crippen molar-refractivity contribution >= 4 is 23.3 Å². The van der Waals surface area contributed by atoms with Gasteiger partial charge in [0.25, 0.3) is 0 Å². The van der Waals surface area contributed by atoms with Crippen LogP contribution in [-0.4, -0.2) is 28.6 Å². The number of carbonyl (C=O) groups is 2. The molecule has 3 N–H and O–H groups in total. The van der Waals surface area contributed by atoms with E-state index in [1.54, 1.807) is 11.7 Å². The Hall–Kier alpha value is -1.63. The number of aromatic nitrogens is 1. The zero-order chi connectivity index (χ0) is 14.4. The Kier molecular flexibility index (Phi) is 4.94. The minimum Gasteiger partial charge on any atom is -0.481 e. The smallest absolute Gasteiger partial charge is 0.315 e. The quantitative estimate of drug-likeness (QED) is 0.775. The Morgan fingerprint density at radius 2 is 2.05 bits per heavy atom. The maximum absolute atomic E-state index is 11.7. The molecule has 1 aromatic rings. The number of thiazole rings is 1. The SMILES string of the molecule is O=C(NCc1cncs1)NCC1(C(=O)O)CCCCC1. The third-order valence-electron chi connectivity index (χ3n) is 3.76. The van der Waals surface area contributed by atoms with E-state index in [-0.39, 0.29) is 12.6 Å². The minimum atomic E-state index is -0.806. The minimum absolute atomic E-state index is 0.191. The summed E-state index contributed by atoms with van der Waals surface area (Å²) in [5.74, 6) is -0.806. The summed E-state index contributed by atoms with van der Waals surface area (Å²) in [6.45, 7) is 0.605. The molecule has 1 heterocycles. The highest BCUT2D eigenvalue weighted by Gasteiger charge is 2.39. The maximum atomic E-state index is 11.7. The average Bonchev–Trinajstić information content (AvgIpc) is 2.97. The van der Waals surface area contributed by atoms with E-state index in [0.717, 1.165) is 24.1 Å². The Morgan fingerprint density at radius 1 is 1.30 bits per heavy atom. The number of rotatable bonds is 5. The first-order valence-electron chi connectivity index (χ1n) is 6.75. The lowest BCUT2D eigenvalue weighted by Crippen LogP contribution is -2.47. The van der Waals surface area contributed by atoms with E-state index in [1.807, 2.05) is 0 Å². The standard InChI is InChI=1S/C13H19N3O3S/c17-11(18)13(4-2-1-3-5-13)8-16-12(19)15-7-10-6-14-9-20-10/h6,9H,1-5,7-8H2,(H,17,18)(H2,15,16,19). The van der Waals surface area contributed by atoms with Gasteiger partial charge in [-0.25, -0.2) is 4.79 Å². The van der Waals surface area contributed by atoms with Crippen LogP contribution in [0.15, 0.2) is 11.7 Å². The number of nitrogens with zero attached hydrogens (tertiary/aromatic N) is 1. The zero-order valence-corrected chi connectivity index (χ0v) is 12.0. The van der Waals surface area contributed by atoms with Gasteiger partial charge in [0.05, 0.1) is 17.5 Å². The van der Waals surface area contributed by atoms with Crippen LogP contribution in [-0.2, 0) is 11.3 Å². The number of carboxylic acids is 1. The van der Waals surface area contributed by atoms with Gasteiger partial charge in [0.1, 0.15) is 0 Å². The second-order valence-corrected chi connectivity index (χ2v) is 6.12. The number of nitrogens with one attached hydrogen (secondary N) is 2. The van der Waals surface area contributed by atoms with Gasteiger partial charge in [0, 0.05) is 17.6 Å². The molecule has 6 nitrogen and oxygen atoms in total. The first kappa shape index (κ1) is 14.8. The first-order valence-corrected chi connectivity index (χ1v) is 7.63. The summed E-state index contributed by atoms with van der Waals surface area (Å²) < 4.78 is 0. The lowest BCUT2D eigenvalue weighted by Gasteiger charge is -2.33. The fourth-order valence-corrected chi connectivity index (χ4v) is 3.04. The molecule has 2 rings (SSSR count). The van der Waals surface area contributed by atoms with Crippen molar-refractivity contribution in [2.75, 3.05) is 6.54 Å². The first-order chi connectivity index (χ1) is 9.62. The predicted octanol–water partition coefficient (Wildman–Crippen LogP) is 1.98. The summed E-state index contributed by atoms with van der Waals surface area (Å²) in [6, 6.07) is -0.329. The van der Waals surface area contributed by atoms with Gasteiger partial charge in [-0.1, -0.05) is 19.3 Å². The van der Waals surface area contributed by atoms with Gasteiger partial charge >= 0.3 is 12.0 Å². The van der Waals surface area contributed by atoms with Gasteiger partial charge in [0.2, 0.25) is 0 Å². The van der Waals surface area contributed by atoms with Gasteiger partial charge in [-0.2, -0.15) is 0 Å². The Bertz CT molecular complexity index is 455. The van der Waals surface area contributed by atoms with Gasteiger partial charge in [0.15, 0.2) is 0 Å². The van der Waals surface area contributed by atoms with Crippen molar-refractivity contribution in [3.63, 3.8) is 0 Å². The molecule has 1 fully saturated rings. The van der Waals surface area contributed by atoms with E-state index >= 15 is 0 Å². The largest absolute Gasteiger partial charge is 0.481 e. The van der Waals surface area contributed by atoms with Crippen molar-refractivity contribution in [3.05, 3.63) is 16.6 Å². The molecule has 0 bridgehead atoms. The number of carboxylic acid groups (broad SMARTS) is 1. The fourth-order valence-electron chi connectivity index (χ4n) is 2.50. The second-order valence-electron chi connectivity index (χ2n) is 5.15. The number of carbonyl (C=O) groups excluding carboxylic acids is 1. The molecule has 0 unspecified atom stereocenters. The number of hydrogen-bond donors (Lipinski definition) is 3. The van der Waals surface area contributed by atoms with Crippen LogP contribution in [0.3, 0.4) is 0 Å². The monoisotopic (exact) mass is 297 g/mol. The molecule has 7 heteroatoms. The molecule has 1 aromatic heterocycles. The van der Waals surface area contributed by atoms with E-state index in [9.17, 15) is 14.7 Å². The van der Waals surface area contributed by atoms with Crippen LogP contribution in [0, 0.1) is 5.41 Å². The van der Waals surface area contributed by atoms with Crippen LogP contribution < -0.4 is 10.6 Å². The zero-order valence-electron chi connectivity index (χ0n) is 11.2. The Morgan fingerprint density at radius 3 is 2.65 bits per heavy atom. The number of amides is 2. The molecular formula is C13H19N3O3S. The number of aliphatic carboxylic acids is 1. The molecular weight excluding hydrogens is 278 g/mol. The van der Waals surface area contributed by atoms with Crippen molar-refractivity contribution in [2.24, 2.45) is 5.41 Å². The molecule has 0 aromatic carbocycles. The van der Waals surface area contributed by atoms with Gasteiger partial charge < -0.3 is 15.7 Å². The average molecular weight is 297 g/mol. The summed E-state index contributed by atoms with van der Waals surface area (Å²) in [7, 11) is 0. The van der Waals surface area contributed by atoms with Gasteiger partial charge in [-0.15, -0.1) is 11.3 Å². The molecule has 1 saturated carbocycles. The third kappa shape index (κ3) is 3.69. The third-order valence-corrected chi connectivity index (χ3v) is 4.54. The fraction of sp³-hybridized carbons (Fsp3) is 0.615. The van der Waals surface area contributed by atoms with Crippen molar-refractivity contribution in [3.8, 4) is 0 Å². The Balaban J connectivity index is 1.80. The lowest BCUT2D eigenvalue weighted by molar-refractivity contribution is -0.150. The van der Waals surface area contributed by atoms with Crippen LogP contribution in [0.1, 0.15) is 37.0 Å². The number of urea groups is 1. The molecule has 20 heavy (non-hydrogen) atoms. The maximum Gasteiger partial charge on any atom is 0.315 e. The lowest BCUT2D eigenvalue weighted by atomic mass is 9.74. The predicted molar refractivity (Wildman–Crippen MR) is 75.5 cm³/mol. The van der Waals surface area contributed by atoms with Crippen LogP contribution in [0.4, 0.5) is 4.79 Å².